The van der Waals surface area contributed by atoms with Gasteiger partial charge < -0.3 is 9.88 Å². The first kappa shape index (κ1) is 14.2. The minimum atomic E-state index is 0.691. The lowest BCUT2D eigenvalue weighted by Gasteiger charge is -2.06. The Labute approximate surface area is 120 Å². The lowest BCUT2D eigenvalue weighted by molar-refractivity contribution is 0.552. The van der Waals surface area contributed by atoms with Crippen LogP contribution in [0, 0.1) is 5.92 Å². The number of benzene rings is 1. The standard InChI is InChI=1S/C16H21ClN2/c1-13(2)9-18-10-15-7-8-19(12-15)11-14-3-5-16(17)6-4-14/h3-8,12-13,18H,9-11H2,1-2H3. The number of nitrogens with zero attached hydrogens (tertiary/aromatic N) is 1. The van der Waals surface area contributed by atoms with E-state index < -0.39 is 0 Å². The molecule has 1 heterocycles. The van der Waals surface area contributed by atoms with E-state index in [4.69, 9.17) is 11.6 Å². The van der Waals surface area contributed by atoms with Crippen molar-refractivity contribution in [3.63, 3.8) is 0 Å². The quantitative estimate of drug-likeness (QED) is 0.846. The summed E-state index contributed by atoms with van der Waals surface area (Å²) in [6.07, 6.45) is 4.32. The molecule has 2 aromatic rings. The predicted molar refractivity (Wildman–Crippen MR) is 81.5 cm³/mol. The van der Waals surface area contributed by atoms with Crippen molar-refractivity contribution in [3.05, 3.63) is 58.9 Å². The summed E-state index contributed by atoms with van der Waals surface area (Å²) >= 11 is 5.89. The summed E-state index contributed by atoms with van der Waals surface area (Å²) in [5.41, 5.74) is 2.59. The van der Waals surface area contributed by atoms with Crippen LogP contribution < -0.4 is 5.32 Å². The van der Waals surface area contributed by atoms with Crippen molar-refractivity contribution in [2.75, 3.05) is 6.54 Å². The monoisotopic (exact) mass is 276 g/mol. The van der Waals surface area contributed by atoms with Gasteiger partial charge in [-0.25, -0.2) is 0 Å². The fourth-order valence-corrected chi connectivity index (χ4v) is 2.13. The van der Waals surface area contributed by atoms with Gasteiger partial charge in [0.25, 0.3) is 0 Å². The highest BCUT2D eigenvalue weighted by molar-refractivity contribution is 6.30. The highest BCUT2D eigenvalue weighted by atomic mass is 35.5. The second-order valence-corrected chi connectivity index (χ2v) is 5.78. The number of rotatable bonds is 6. The van der Waals surface area contributed by atoms with E-state index in [1.165, 1.54) is 11.1 Å². The lowest BCUT2D eigenvalue weighted by atomic mass is 10.2. The van der Waals surface area contributed by atoms with Crippen LogP contribution in [0.2, 0.25) is 5.02 Å². The Morgan fingerprint density at radius 1 is 1.11 bits per heavy atom. The highest BCUT2D eigenvalue weighted by Gasteiger charge is 1.99. The Morgan fingerprint density at radius 3 is 2.53 bits per heavy atom. The van der Waals surface area contributed by atoms with Gasteiger partial charge in [0.05, 0.1) is 0 Å². The van der Waals surface area contributed by atoms with Gasteiger partial charge in [-0.15, -0.1) is 0 Å². The zero-order chi connectivity index (χ0) is 13.7. The van der Waals surface area contributed by atoms with E-state index in [0.29, 0.717) is 5.92 Å². The fraction of sp³-hybridized carbons (Fsp3) is 0.375. The molecule has 102 valence electrons. The van der Waals surface area contributed by atoms with Crippen LogP contribution in [0.3, 0.4) is 0 Å². The molecule has 0 fully saturated rings. The molecule has 1 aromatic heterocycles. The minimum Gasteiger partial charge on any atom is -0.350 e. The van der Waals surface area contributed by atoms with Crippen molar-refractivity contribution in [2.45, 2.75) is 26.9 Å². The smallest absolute Gasteiger partial charge is 0.0470 e. The van der Waals surface area contributed by atoms with Gasteiger partial charge in [-0.2, -0.15) is 0 Å². The molecule has 1 N–H and O–H groups in total. The molecule has 0 radical (unpaired) electrons. The molecular formula is C16H21ClN2. The summed E-state index contributed by atoms with van der Waals surface area (Å²) in [7, 11) is 0. The third kappa shape index (κ3) is 4.73. The van der Waals surface area contributed by atoms with E-state index in [2.05, 4.69) is 54.3 Å². The Morgan fingerprint density at radius 2 is 1.84 bits per heavy atom. The van der Waals surface area contributed by atoms with E-state index in [1.54, 1.807) is 0 Å². The third-order valence-corrected chi connectivity index (χ3v) is 3.22. The van der Waals surface area contributed by atoms with Crippen molar-refractivity contribution in [3.8, 4) is 0 Å². The normalized spacial score (nSPS) is 11.2. The molecule has 0 aliphatic heterocycles. The third-order valence-electron chi connectivity index (χ3n) is 2.97. The van der Waals surface area contributed by atoms with Crippen molar-refractivity contribution in [1.82, 2.24) is 9.88 Å². The number of halogens is 1. The summed E-state index contributed by atoms with van der Waals surface area (Å²) in [6, 6.07) is 10.2. The summed E-state index contributed by atoms with van der Waals surface area (Å²) in [5.74, 6) is 0.691. The number of aromatic nitrogens is 1. The van der Waals surface area contributed by atoms with E-state index in [0.717, 1.165) is 24.7 Å². The molecule has 0 aliphatic carbocycles. The van der Waals surface area contributed by atoms with Gasteiger partial charge in [0.1, 0.15) is 0 Å². The van der Waals surface area contributed by atoms with Crippen LogP contribution in [0.5, 0.6) is 0 Å². The van der Waals surface area contributed by atoms with E-state index >= 15 is 0 Å². The Hall–Kier alpha value is -1.25. The van der Waals surface area contributed by atoms with Crippen molar-refractivity contribution >= 4 is 11.6 Å². The molecule has 2 nitrogen and oxygen atoms in total. The summed E-state index contributed by atoms with van der Waals surface area (Å²) < 4.78 is 2.20. The molecule has 0 amide bonds. The van der Waals surface area contributed by atoms with E-state index in [1.807, 2.05) is 12.1 Å². The second-order valence-electron chi connectivity index (χ2n) is 5.34. The maximum absolute atomic E-state index is 5.89. The first-order valence-corrected chi connectivity index (χ1v) is 7.11. The van der Waals surface area contributed by atoms with Gasteiger partial charge in [0.15, 0.2) is 0 Å². The topological polar surface area (TPSA) is 17.0 Å². The average molecular weight is 277 g/mol. The van der Waals surface area contributed by atoms with Crippen LogP contribution in [-0.2, 0) is 13.1 Å². The lowest BCUT2D eigenvalue weighted by Crippen LogP contribution is -2.18. The molecule has 0 spiro atoms. The van der Waals surface area contributed by atoms with Crippen LogP contribution in [0.4, 0.5) is 0 Å². The summed E-state index contributed by atoms with van der Waals surface area (Å²) in [5, 5.41) is 4.24. The van der Waals surface area contributed by atoms with Gasteiger partial charge in [0.2, 0.25) is 0 Å². The molecule has 1 aromatic carbocycles. The van der Waals surface area contributed by atoms with Crippen molar-refractivity contribution < 1.29 is 0 Å². The molecule has 0 unspecified atom stereocenters. The molecule has 19 heavy (non-hydrogen) atoms. The van der Waals surface area contributed by atoms with Gasteiger partial charge >= 0.3 is 0 Å². The van der Waals surface area contributed by atoms with Crippen LogP contribution in [-0.4, -0.2) is 11.1 Å². The molecule has 2 rings (SSSR count). The number of hydrogen-bond donors (Lipinski definition) is 1. The van der Waals surface area contributed by atoms with Gasteiger partial charge in [-0.1, -0.05) is 37.6 Å². The Kier molecular flexibility index (Phi) is 5.06. The summed E-state index contributed by atoms with van der Waals surface area (Å²) in [4.78, 5) is 0. The van der Waals surface area contributed by atoms with Gasteiger partial charge in [-0.3, -0.25) is 0 Å². The molecule has 0 bridgehead atoms. The van der Waals surface area contributed by atoms with E-state index in [-0.39, 0.29) is 0 Å². The SMILES string of the molecule is CC(C)CNCc1ccn(Cc2ccc(Cl)cc2)c1. The second kappa shape index (κ2) is 6.78. The van der Waals surface area contributed by atoms with Crippen molar-refractivity contribution in [1.29, 1.82) is 0 Å². The first-order valence-electron chi connectivity index (χ1n) is 6.73. The fourth-order valence-electron chi connectivity index (χ4n) is 2.00. The predicted octanol–water partition coefficient (Wildman–Crippen LogP) is 3.94. The van der Waals surface area contributed by atoms with Crippen LogP contribution >= 0.6 is 11.6 Å². The van der Waals surface area contributed by atoms with Crippen LogP contribution in [0.1, 0.15) is 25.0 Å². The molecule has 0 aliphatic rings. The van der Waals surface area contributed by atoms with Crippen LogP contribution in [0.15, 0.2) is 42.7 Å². The van der Waals surface area contributed by atoms with E-state index in [9.17, 15) is 0 Å². The molecule has 0 saturated heterocycles. The van der Waals surface area contributed by atoms with Gasteiger partial charge in [0, 0.05) is 30.5 Å². The molecule has 3 heteroatoms. The molecular weight excluding hydrogens is 256 g/mol. The number of nitrogens with one attached hydrogen (secondary N) is 1. The van der Waals surface area contributed by atoms with Crippen molar-refractivity contribution in [2.24, 2.45) is 5.92 Å². The zero-order valence-electron chi connectivity index (χ0n) is 11.6. The largest absolute Gasteiger partial charge is 0.350 e. The average Bonchev–Trinajstić information content (AvgIpc) is 2.79. The Bertz CT molecular complexity index is 500. The Balaban J connectivity index is 1.88. The maximum Gasteiger partial charge on any atom is 0.0470 e. The minimum absolute atomic E-state index is 0.691. The maximum atomic E-state index is 5.89. The molecule has 0 atom stereocenters. The molecule has 0 saturated carbocycles. The zero-order valence-corrected chi connectivity index (χ0v) is 12.3. The highest BCUT2D eigenvalue weighted by Crippen LogP contribution is 2.11. The first-order chi connectivity index (χ1) is 9.13. The van der Waals surface area contributed by atoms with Gasteiger partial charge in [-0.05, 0) is 41.8 Å². The summed E-state index contributed by atoms with van der Waals surface area (Å²) in [6.45, 7) is 7.33. The van der Waals surface area contributed by atoms with Crippen LogP contribution in [0.25, 0.3) is 0 Å². The number of hydrogen-bond acceptors (Lipinski definition) is 1.